The van der Waals surface area contributed by atoms with Crippen LogP contribution in [0.25, 0.3) is 0 Å². The van der Waals surface area contributed by atoms with E-state index in [0.29, 0.717) is 12.6 Å². The van der Waals surface area contributed by atoms with Gasteiger partial charge in [0.05, 0.1) is 19.3 Å². The first-order valence-corrected chi connectivity index (χ1v) is 7.36. The van der Waals surface area contributed by atoms with Crippen LogP contribution in [-0.2, 0) is 16.1 Å². The van der Waals surface area contributed by atoms with Crippen molar-refractivity contribution in [2.24, 2.45) is 0 Å². The largest absolute Gasteiger partial charge is 0.382 e. The van der Waals surface area contributed by atoms with Crippen LogP contribution in [0.4, 0.5) is 5.69 Å². The van der Waals surface area contributed by atoms with Gasteiger partial charge in [0.2, 0.25) is 0 Å². The number of hydrogen-bond donors (Lipinski definition) is 1. The van der Waals surface area contributed by atoms with E-state index in [1.165, 1.54) is 5.56 Å². The summed E-state index contributed by atoms with van der Waals surface area (Å²) in [6, 6.07) is 8.94. The van der Waals surface area contributed by atoms with Crippen LogP contribution >= 0.6 is 0 Å². The topological polar surface area (TPSA) is 33.7 Å². The standard InChI is InChI=1S/C16H26N2O2/c1-13(2)18-7-8-20-16(11-18)10-17-15-6-4-5-14(9-15)12-19-3/h4-6,9,13,16-17H,7-8,10-12H2,1-3H3. The number of benzene rings is 1. The molecule has 4 heteroatoms. The summed E-state index contributed by atoms with van der Waals surface area (Å²) in [7, 11) is 1.72. The lowest BCUT2D eigenvalue weighted by atomic mass is 10.2. The summed E-state index contributed by atoms with van der Waals surface area (Å²) in [5.74, 6) is 0. The third-order valence-electron chi connectivity index (χ3n) is 3.67. The molecule has 0 amide bonds. The van der Waals surface area contributed by atoms with E-state index in [-0.39, 0.29) is 6.10 Å². The summed E-state index contributed by atoms with van der Waals surface area (Å²) in [6.45, 7) is 8.85. The van der Waals surface area contributed by atoms with Crippen molar-refractivity contribution in [2.75, 3.05) is 38.7 Å². The first-order chi connectivity index (χ1) is 9.69. The highest BCUT2D eigenvalue weighted by Gasteiger charge is 2.21. The van der Waals surface area contributed by atoms with Crippen molar-refractivity contribution in [3.05, 3.63) is 29.8 Å². The first kappa shape index (κ1) is 15.3. The lowest BCUT2D eigenvalue weighted by molar-refractivity contribution is -0.0315. The zero-order chi connectivity index (χ0) is 14.4. The molecule has 4 nitrogen and oxygen atoms in total. The molecule has 0 bridgehead atoms. The van der Waals surface area contributed by atoms with Gasteiger partial charge >= 0.3 is 0 Å². The van der Waals surface area contributed by atoms with Gasteiger partial charge in [0.15, 0.2) is 0 Å². The Morgan fingerprint density at radius 1 is 1.45 bits per heavy atom. The molecule has 1 heterocycles. The molecule has 0 saturated carbocycles. The second-order valence-electron chi connectivity index (χ2n) is 5.60. The second-order valence-corrected chi connectivity index (χ2v) is 5.60. The quantitative estimate of drug-likeness (QED) is 0.866. The molecule has 1 saturated heterocycles. The summed E-state index contributed by atoms with van der Waals surface area (Å²) >= 11 is 0. The molecule has 1 aliphatic rings. The van der Waals surface area contributed by atoms with Gasteiger partial charge in [0, 0.05) is 38.5 Å². The Bertz CT molecular complexity index is 409. The molecule has 20 heavy (non-hydrogen) atoms. The van der Waals surface area contributed by atoms with Gasteiger partial charge in [-0.1, -0.05) is 12.1 Å². The fourth-order valence-corrected chi connectivity index (χ4v) is 2.50. The Morgan fingerprint density at radius 2 is 2.30 bits per heavy atom. The maximum atomic E-state index is 5.83. The zero-order valence-corrected chi connectivity index (χ0v) is 12.8. The summed E-state index contributed by atoms with van der Waals surface area (Å²) in [5, 5.41) is 3.47. The van der Waals surface area contributed by atoms with Crippen molar-refractivity contribution in [3.8, 4) is 0 Å². The van der Waals surface area contributed by atoms with Crippen molar-refractivity contribution in [1.82, 2.24) is 4.90 Å². The lowest BCUT2D eigenvalue weighted by Crippen LogP contribution is -2.48. The Labute approximate surface area is 122 Å². The van der Waals surface area contributed by atoms with Crippen molar-refractivity contribution in [1.29, 1.82) is 0 Å². The van der Waals surface area contributed by atoms with Gasteiger partial charge in [0.1, 0.15) is 0 Å². The predicted octanol–water partition coefficient (Wildman–Crippen LogP) is 2.35. The van der Waals surface area contributed by atoms with E-state index < -0.39 is 0 Å². The highest BCUT2D eigenvalue weighted by molar-refractivity contribution is 5.45. The number of anilines is 1. The Kier molecular flexibility index (Phi) is 5.83. The van der Waals surface area contributed by atoms with Crippen molar-refractivity contribution >= 4 is 5.69 Å². The van der Waals surface area contributed by atoms with E-state index in [4.69, 9.17) is 9.47 Å². The fourth-order valence-electron chi connectivity index (χ4n) is 2.50. The SMILES string of the molecule is COCc1cccc(NCC2CN(C(C)C)CCO2)c1. The molecule has 1 aromatic carbocycles. The Morgan fingerprint density at radius 3 is 3.05 bits per heavy atom. The van der Waals surface area contributed by atoms with E-state index in [1.807, 2.05) is 0 Å². The number of ether oxygens (including phenoxy) is 2. The Hall–Kier alpha value is -1.10. The maximum absolute atomic E-state index is 5.83. The van der Waals surface area contributed by atoms with Crippen LogP contribution in [0.15, 0.2) is 24.3 Å². The van der Waals surface area contributed by atoms with Crippen LogP contribution in [0.2, 0.25) is 0 Å². The van der Waals surface area contributed by atoms with Gasteiger partial charge in [-0.3, -0.25) is 4.90 Å². The van der Waals surface area contributed by atoms with Crippen molar-refractivity contribution in [2.45, 2.75) is 32.6 Å². The third-order valence-corrected chi connectivity index (χ3v) is 3.67. The molecule has 0 radical (unpaired) electrons. The van der Waals surface area contributed by atoms with Gasteiger partial charge in [-0.05, 0) is 31.5 Å². The van der Waals surface area contributed by atoms with Crippen LogP contribution in [-0.4, -0.2) is 50.4 Å². The molecule has 1 aromatic rings. The third kappa shape index (κ3) is 4.47. The number of nitrogens with one attached hydrogen (secondary N) is 1. The molecule has 2 rings (SSSR count). The highest BCUT2D eigenvalue weighted by Crippen LogP contribution is 2.13. The molecular formula is C16H26N2O2. The first-order valence-electron chi connectivity index (χ1n) is 7.36. The van der Waals surface area contributed by atoms with E-state index in [9.17, 15) is 0 Å². The van der Waals surface area contributed by atoms with E-state index >= 15 is 0 Å². The number of rotatable bonds is 6. The average molecular weight is 278 g/mol. The van der Waals surface area contributed by atoms with Gasteiger partial charge in [-0.25, -0.2) is 0 Å². The second kappa shape index (κ2) is 7.62. The molecule has 1 aliphatic heterocycles. The molecule has 112 valence electrons. The van der Waals surface area contributed by atoms with Crippen LogP contribution < -0.4 is 5.32 Å². The lowest BCUT2D eigenvalue weighted by Gasteiger charge is -2.35. The molecule has 0 aromatic heterocycles. The van der Waals surface area contributed by atoms with Gasteiger partial charge in [-0.2, -0.15) is 0 Å². The van der Waals surface area contributed by atoms with Gasteiger partial charge in [-0.15, -0.1) is 0 Å². The number of morpholine rings is 1. The number of methoxy groups -OCH3 is 1. The monoisotopic (exact) mass is 278 g/mol. The normalized spacial score (nSPS) is 20.3. The summed E-state index contributed by atoms with van der Waals surface area (Å²) < 4.78 is 11.0. The van der Waals surface area contributed by atoms with Crippen LogP contribution in [0.1, 0.15) is 19.4 Å². The van der Waals surface area contributed by atoms with Crippen molar-refractivity contribution < 1.29 is 9.47 Å². The molecule has 1 atom stereocenters. The molecule has 0 aliphatic carbocycles. The molecule has 0 spiro atoms. The summed E-state index contributed by atoms with van der Waals surface area (Å²) in [4.78, 5) is 2.47. The summed E-state index contributed by atoms with van der Waals surface area (Å²) in [6.07, 6.45) is 0.261. The number of hydrogen-bond acceptors (Lipinski definition) is 4. The minimum atomic E-state index is 0.261. The minimum Gasteiger partial charge on any atom is -0.382 e. The molecule has 1 unspecified atom stereocenters. The van der Waals surface area contributed by atoms with Gasteiger partial charge < -0.3 is 14.8 Å². The van der Waals surface area contributed by atoms with E-state index in [2.05, 4.69) is 48.3 Å². The minimum absolute atomic E-state index is 0.261. The smallest absolute Gasteiger partial charge is 0.0874 e. The highest BCUT2D eigenvalue weighted by atomic mass is 16.5. The Balaban J connectivity index is 1.83. The molecule has 1 fully saturated rings. The van der Waals surface area contributed by atoms with Crippen LogP contribution in [0.3, 0.4) is 0 Å². The van der Waals surface area contributed by atoms with E-state index in [0.717, 1.165) is 31.9 Å². The zero-order valence-electron chi connectivity index (χ0n) is 12.8. The van der Waals surface area contributed by atoms with E-state index in [1.54, 1.807) is 7.11 Å². The maximum Gasteiger partial charge on any atom is 0.0874 e. The average Bonchev–Trinajstić information content (AvgIpc) is 2.46. The molecule has 1 N–H and O–H groups in total. The van der Waals surface area contributed by atoms with Crippen molar-refractivity contribution in [3.63, 3.8) is 0 Å². The van der Waals surface area contributed by atoms with Crippen LogP contribution in [0.5, 0.6) is 0 Å². The van der Waals surface area contributed by atoms with Gasteiger partial charge in [0.25, 0.3) is 0 Å². The summed E-state index contributed by atoms with van der Waals surface area (Å²) in [5.41, 5.74) is 2.32. The predicted molar refractivity (Wildman–Crippen MR) is 82.1 cm³/mol. The fraction of sp³-hybridized carbons (Fsp3) is 0.625. The number of nitrogens with zero attached hydrogens (tertiary/aromatic N) is 1. The molecular weight excluding hydrogens is 252 g/mol. The van der Waals surface area contributed by atoms with Crippen LogP contribution in [0, 0.1) is 0 Å².